The van der Waals surface area contributed by atoms with E-state index in [2.05, 4.69) is 14.7 Å². The van der Waals surface area contributed by atoms with Crippen LogP contribution >= 0.6 is 0 Å². The lowest BCUT2D eigenvalue weighted by atomic mass is 10.2. The van der Waals surface area contributed by atoms with Crippen LogP contribution < -0.4 is 10.5 Å². The maximum absolute atomic E-state index is 12.0. The van der Waals surface area contributed by atoms with E-state index >= 15 is 0 Å². The van der Waals surface area contributed by atoms with Gasteiger partial charge in [0.1, 0.15) is 0 Å². The van der Waals surface area contributed by atoms with Gasteiger partial charge in [-0.25, -0.2) is 13.4 Å². The van der Waals surface area contributed by atoms with Crippen molar-refractivity contribution in [3.8, 4) is 0 Å². The van der Waals surface area contributed by atoms with Gasteiger partial charge in [-0.15, -0.1) is 0 Å². The van der Waals surface area contributed by atoms with Crippen LogP contribution in [0.15, 0.2) is 41.7 Å². The highest BCUT2D eigenvalue weighted by molar-refractivity contribution is 7.92. The molecule has 0 aliphatic carbocycles. The van der Waals surface area contributed by atoms with E-state index in [1.807, 2.05) is 0 Å². The molecule has 2 rings (SSSR count). The summed E-state index contributed by atoms with van der Waals surface area (Å²) < 4.78 is 26.4. The fourth-order valence-corrected chi connectivity index (χ4v) is 2.44. The quantitative estimate of drug-likeness (QED) is 0.811. The summed E-state index contributed by atoms with van der Waals surface area (Å²) in [5.41, 5.74) is 6.90. The molecule has 94 valence electrons. The molecule has 0 radical (unpaired) electrons. The lowest BCUT2D eigenvalue weighted by Gasteiger charge is -2.08. The molecular weight excluding hydrogens is 252 g/mol. The van der Waals surface area contributed by atoms with Gasteiger partial charge in [0.25, 0.3) is 10.0 Å². The molecule has 6 nitrogen and oxygen atoms in total. The van der Waals surface area contributed by atoms with Gasteiger partial charge in [0.05, 0.1) is 11.1 Å². The first-order chi connectivity index (χ1) is 8.49. The molecule has 0 spiro atoms. The van der Waals surface area contributed by atoms with Gasteiger partial charge >= 0.3 is 0 Å². The Morgan fingerprint density at radius 1 is 1.28 bits per heavy atom. The maximum atomic E-state index is 12.0. The number of anilines is 2. The number of aryl methyl sites for hydroxylation is 1. The van der Waals surface area contributed by atoms with Crippen LogP contribution in [0.25, 0.3) is 0 Å². The minimum atomic E-state index is -3.66. The second-order valence-electron chi connectivity index (χ2n) is 3.71. The van der Waals surface area contributed by atoms with Crippen molar-refractivity contribution in [1.82, 2.24) is 9.97 Å². The molecule has 7 heteroatoms. The van der Waals surface area contributed by atoms with E-state index in [1.54, 1.807) is 13.0 Å². The summed E-state index contributed by atoms with van der Waals surface area (Å²) in [6.45, 7) is 1.75. The molecule has 2 aromatic rings. The van der Waals surface area contributed by atoms with E-state index in [0.29, 0.717) is 11.3 Å². The number of nitrogen functional groups attached to an aromatic ring is 1. The van der Waals surface area contributed by atoms with Crippen LogP contribution in [-0.2, 0) is 10.0 Å². The van der Waals surface area contributed by atoms with Crippen molar-refractivity contribution in [3.63, 3.8) is 0 Å². The molecular formula is C11H12N4O2S. The van der Waals surface area contributed by atoms with Gasteiger partial charge in [0.2, 0.25) is 0 Å². The predicted molar refractivity (Wildman–Crippen MR) is 68.4 cm³/mol. The number of aromatic nitrogens is 2. The second kappa shape index (κ2) is 4.61. The normalized spacial score (nSPS) is 11.2. The Morgan fingerprint density at radius 2 is 2.06 bits per heavy atom. The first-order valence-corrected chi connectivity index (χ1v) is 6.62. The Bertz CT molecular complexity index is 656. The molecule has 0 aliphatic heterocycles. The fraction of sp³-hybridized carbons (Fsp3) is 0.0909. The zero-order chi connectivity index (χ0) is 13.2. The predicted octanol–water partition coefficient (Wildman–Crippen LogP) is 1.17. The van der Waals surface area contributed by atoms with E-state index in [4.69, 9.17) is 5.73 Å². The average molecular weight is 264 g/mol. The number of rotatable bonds is 3. The third kappa shape index (κ3) is 2.57. The first-order valence-electron chi connectivity index (χ1n) is 5.14. The van der Waals surface area contributed by atoms with Gasteiger partial charge in [-0.1, -0.05) is 0 Å². The minimum absolute atomic E-state index is 0.139. The molecule has 3 N–H and O–H groups in total. The number of nitrogens with one attached hydrogen (secondary N) is 1. The number of sulfonamides is 1. The molecule has 1 aromatic carbocycles. The van der Waals surface area contributed by atoms with E-state index in [-0.39, 0.29) is 10.7 Å². The Balaban J connectivity index is 2.34. The van der Waals surface area contributed by atoms with Gasteiger partial charge < -0.3 is 5.73 Å². The standard InChI is InChI=1S/C11H12N4O2S/c1-8-6-9(2-3-10(8)12)18(16,17)15-11-7-13-4-5-14-11/h2-7H,12H2,1H3,(H,14,15). The summed E-state index contributed by atoms with van der Waals surface area (Å²) in [5.74, 6) is 0.173. The van der Waals surface area contributed by atoms with Gasteiger partial charge in [-0.2, -0.15) is 0 Å². The van der Waals surface area contributed by atoms with Crippen molar-refractivity contribution in [2.75, 3.05) is 10.5 Å². The number of benzene rings is 1. The maximum Gasteiger partial charge on any atom is 0.263 e. The van der Waals surface area contributed by atoms with Crippen molar-refractivity contribution in [2.24, 2.45) is 0 Å². The molecule has 0 saturated heterocycles. The molecule has 0 aliphatic rings. The van der Waals surface area contributed by atoms with Crippen molar-refractivity contribution >= 4 is 21.5 Å². The lowest BCUT2D eigenvalue weighted by Crippen LogP contribution is -2.14. The zero-order valence-corrected chi connectivity index (χ0v) is 10.5. The fourth-order valence-electron chi connectivity index (χ4n) is 1.36. The Kier molecular flexibility index (Phi) is 3.15. The lowest BCUT2D eigenvalue weighted by molar-refractivity contribution is 0.601. The van der Waals surface area contributed by atoms with Gasteiger partial charge in [0.15, 0.2) is 5.82 Å². The summed E-state index contributed by atoms with van der Waals surface area (Å²) in [7, 11) is -3.66. The summed E-state index contributed by atoms with van der Waals surface area (Å²) in [4.78, 5) is 7.78. The molecule has 0 unspecified atom stereocenters. The third-order valence-corrected chi connectivity index (χ3v) is 3.71. The van der Waals surface area contributed by atoms with Gasteiger partial charge in [-0.3, -0.25) is 9.71 Å². The van der Waals surface area contributed by atoms with Crippen LogP contribution in [0.4, 0.5) is 11.5 Å². The van der Waals surface area contributed by atoms with Gasteiger partial charge in [-0.05, 0) is 30.7 Å². The van der Waals surface area contributed by atoms with Crippen LogP contribution in [-0.4, -0.2) is 18.4 Å². The first kappa shape index (κ1) is 12.3. The Labute approximate surface area is 105 Å². The SMILES string of the molecule is Cc1cc(S(=O)(=O)Nc2cnccn2)ccc1N. The smallest absolute Gasteiger partial charge is 0.263 e. The van der Waals surface area contributed by atoms with Crippen LogP contribution in [0.5, 0.6) is 0 Å². The van der Waals surface area contributed by atoms with E-state index < -0.39 is 10.0 Å². The van der Waals surface area contributed by atoms with Crippen LogP contribution in [0, 0.1) is 6.92 Å². The van der Waals surface area contributed by atoms with Crippen LogP contribution in [0.1, 0.15) is 5.56 Å². The Morgan fingerprint density at radius 3 is 2.67 bits per heavy atom. The van der Waals surface area contributed by atoms with Crippen LogP contribution in [0.2, 0.25) is 0 Å². The van der Waals surface area contributed by atoms with Crippen LogP contribution in [0.3, 0.4) is 0 Å². The van der Waals surface area contributed by atoms with Crippen molar-refractivity contribution in [2.45, 2.75) is 11.8 Å². The molecule has 0 fully saturated rings. The molecule has 0 saturated carbocycles. The summed E-state index contributed by atoms with van der Waals surface area (Å²) in [6.07, 6.45) is 4.21. The summed E-state index contributed by atoms with van der Waals surface area (Å²) >= 11 is 0. The highest BCUT2D eigenvalue weighted by Crippen LogP contribution is 2.18. The molecule has 0 bridgehead atoms. The summed E-state index contributed by atoms with van der Waals surface area (Å²) in [6, 6.07) is 4.51. The highest BCUT2D eigenvalue weighted by atomic mass is 32.2. The highest BCUT2D eigenvalue weighted by Gasteiger charge is 2.15. The second-order valence-corrected chi connectivity index (χ2v) is 5.40. The topological polar surface area (TPSA) is 98.0 Å². The summed E-state index contributed by atoms with van der Waals surface area (Å²) in [5, 5.41) is 0. The van der Waals surface area contributed by atoms with Gasteiger partial charge in [0, 0.05) is 18.1 Å². The average Bonchev–Trinajstić information content (AvgIpc) is 2.33. The van der Waals surface area contributed by atoms with Crippen molar-refractivity contribution < 1.29 is 8.42 Å². The monoisotopic (exact) mass is 264 g/mol. The molecule has 1 heterocycles. The van der Waals surface area contributed by atoms with E-state index in [0.717, 1.165) is 0 Å². The van der Waals surface area contributed by atoms with E-state index in [9.17, 15) is 8.42 Å². The van der Waals surface area contributed by atoms with Crippen molar-refractivity contribution in [3.05, 3.63) is 42.4 Å². The zero-order valence-electron chi connectivity index (χ0n) is 9.66. The molecule has 0 atom stereocenters. The Hall–Kier alpha value is -2.15. The number of hydrogen-bond donors (Lipinski definition) is 2. The van der Waals surface area contributed by atoms with Crippen molar-refractivity contribution in [1.29, 1.82) is 0 Å². The molecule has 0 amide bonds. The third-order valence-electron chi connectivity index (χ3n) is 2.35. The molecule has 1 aromatic heterocycles. The number of hydrogen-bond acceptors (Lipinski definition) is 5. The minimum Gasteiger partial charge on any atom is -0.399 e. The van der Waals surface area contributed by atoms with E-state index in [1.165, 1.54) is 30.7 Å². The largest absolute Gasteiger partial charge is 0.399 e. The molecule has 18 heavy (non-hydrogen) atoms. The number of nitrogens with zero attached hydrogens (tertiary/aromatic N) is 2. The number of nitrogens with two attached hydrogens (primary N) is 1.